The van der Waals surface area contributed by atoms with Crippen molar-refractivity contribution in [3.8, 4) is 0 Å². The highest BCUT2D eigenvalue weighted by atomic mass is 16.5. The smallest absolute Gasteiger partial charge is 0.407 e. The number of carbonyl (C=O) groups excluding carboxylic acids is 2. The van der Waals surface area contributed by atoms with Gasteiger partial charge in [0.1, 0.15) is 6.61 Å². The summed E-state index contributed by atoms with van der Waals surface area (Å²) in [5.74, 6) is -0.492. The molecule has 2 atom stereocenters. The summed E-state index contributed by atoms with van der Waals surface area (Å²) in [5, 5.41) is 14.0. The van der Waals surface area contributed by atoms with Crippen molar-refractivity contribution in [1.29, 1.82) is 0 Å². The van der Waals surface area contributed by atoms with E-state index in [1.807, 2.05) is 54.6 Å². The Kier molecular flexibility index (Phi) is 6.31. The largest absolute Gasteiger partial charge is 0.466 e. The molecular formula is C22H25NO5. The molecule has 0 aliphatic heterocycles. The summed E-state index contributed by atoms with van der Waals surface area (Å²) >= 11 is 0. The van der Waals surface area contributed by atoms with Crippen molar-refractivity contribution in [2.24, 2.45) is 0 Å². The third kappa shape index (κ3) is 4.89. The highest BCUT2D eigenvalue weighted by Crippen LogP contribution is 2.32. The summed E-state index contributed by atoms with van der Waals surface area (Å²) < 4.78 is 10.3. The van der Waals surface area contributed by atoms with Crippen LogP contribution in [0.2, 0.25) is 0 Å². The predicted molar refractivity (Wildman–Crippen MR) is 104 cm³/mol. The molecule has 1 aliphatic carbocycles. The molecule has 2 N–H and O–H groups in total. The third-order valence-corrected chi connectivity index (χ3v) is 4.95. The van der Waals surface area contributed by atoms with Crippen LogP contribution in [0.5, 0.6) is 0 Å². The summed E-state index contributed by atoms with van der Waals surface area (Å²) in [5.41, 5.74) is 1.43. The minimum atomic E-state index is -1.44. The van der Waals surface area contributed by atoms with Gasteiger partial charge in [-0.2, -0.15) is 0 Å². The van der Waals surface area contributed by atoms with Gasteiger partial charge in [-0.3, -0.25) is 4.79 Å². The highest BCUT2D eigenvalue weighted by Gasteiger charge is 2.44. The minimum absolute atomic E-state index is 0.131. The SMILES string of the molecule is CCOC(=O)C[C@@]1(O)Cc2ccccc2C[C@H]1NC(=O)OCc1ccccc1. The van der Waals surface area contributed by atoms with Gasteiger partial charge in [0.05, 0.1) is 24.7 Å². The molecule has 0 saturated heterocycles. The molecule has 3 rings (SSSR count). The maximum atomic E-state index is 12.3. The van der Waals surface area contributed by atoms with Gasteiger partial charge in [0.25, 0.3) is 0 Å². The lowest BCUT2D eigenvalue weighted by molar-refractivity contribution is -0.150. The summed E-state index contributed by atoms with van der Waals surface area (Å²) in [6.07, 6.45) is -0.160. The second-order valence-electron chi connectivity index (χ2n) is 6.99. The summed E-state index contributed by atoms with van der Waals surface area (Å²) in [7, 11) is 0. The van der Waals surface area contributed by atoms with Gasteiger partial charge in [-0.1, -0.05) is 54.6 Å². The van der Waals surface area contributed by atoms with Crippen LogP contribution in [0.15, 0.2) is 54.6 Å². The zero-order chi connectivity index (χ0) is 20.0. The molecule has 0 aromatic heterocycles. The van der Waals surface area contributed by atoms with E-state index in [1.54, 1.807) is 6.92 Å². The van der Waals surface area contributed by atoms with Crippen LogP contribution in [-0.2, 0) is 33.7 Å². The molecule has 2 aromatic carbocycles. The number of hydrogen-bond acceptors (Lipinski definition) is 5. The van der Waals surface area contributed by atoms with Gasteiger partial charge in [-0.15, -0.1) is 0 Å². The van der Waals surface area contributed by atoms with Crippen molar-refractivity contribution >= 4 is 12.1 Å². The number of nitrogens with one attached hydrogen (secondary N) is 1. The van der Waals surface area contributed by atoms with Crippen LogP contribution in [0, 0.1) is 0 Å². The average molecular weight is 383 g/mol. The Morgan fingerprint density at radius 3 is 2.46 bits per heavy atom. The number of alkyl carbamates (subject to hydrolysis) is 1. The van der Waals surface area contributed by atoms with Crippen molar-refractivity contribution in [3.63, 3.8) is 0 Å². The lowest BCUT2D eigenvalue weighted by atomic mass is 9.75. The lowest BCUT2D eigenvalue weighted by Gasteiger charge is -2.40. The Morgan fingerprint density at radius 2 is 1.75 bits per heavy atom. The van der Waals surface area contributed by atoms with E-state index in [-0.39, 0.29) is 26.1 Å². The number of rotatable bonds is 6. The first kappa shape index (κ1) is 19.9. The van der Waals surface area contributed by atoms with Gasteiger partial charge >= 0.3 is 12.1 Å². The Labute approximate surface area is 164 Å². The first-order chi connectivity index (χ1) is 13.5. The first-order valence-corrected chi connectivity index (χ1v) is 9.42. The Bertz CT molecular complexity index is 823. The second-order valence-corrected chi connectivity index (χ2v) is 6.99. The molecule has 0 saturated carbocycles. The van der Waals surface area contributed by atoms with Gasteiger partial charge in [0.2, 0.25) is 0 Å². The predicted octanol–water partition coefficient (Wildman–Crippen LogP) is 2.76. The van der Waals surface area contributed by atoms with Crippen molar-refractivity contribution in [3.05, 3.63) is 71.3 Å². The molecule has 6 nitrogen and oxygen atoms in total. The number of esters is 1. The number of benzene rings is 2. The van der Waals surface area contributed by atoms with Gasteiger partial charge in [0.15, 0.2) is 0 Å². The zero-order valence-corrected chi connectivity index (χ0v) is 15.9. The van der Waals surface area contributed by atoms with E-state index in [9.17, 15) is 14.7 Å². The molecule has 0 unspecified atom stereocenters. The van der Waals surface area contributed by atoms with Crippen LogP contribution in [0.1, 0.15) is 30.0 Å². The average Bonchev–Trinajstić information content (AvgIpc) is 2.68. The number of carbonyl (C=O) groups is 2. The number of aliphatic hydroxyl groups is 1. The van der Waals surface area contributed by atoms with E-state index in [2.05, 4.69) is 5.32 Å². The van der Waals surface area contributed by atoms with E-state index in [0.717, 1.165) is 16.7 Å². The summed E-state index contributed by atoms with van der Waals surface area (Å²) in [6.45, 7) is 2.09. The molecule has 0 bridgehead atoms. The Hall–Kier alpha value is -2.86. The summed E-state index contributed by atoms with van der Waals surface area (Å²) in [4.78, 5) is 24.4. The third-order valence-electron chi connectivity index (χ3n) is 4.95. The second kappa shape index (κ2) is 8.89. The van der Waals surface area contributed by atoms with Gasteiger partial charge < -0.3 is 19.9 Å². The van der Waals surface area contributed by atoms with E-state index >= 15 is 0 Å². The maximum absolute atomic E-state index is 12.3. The zero-order valence-electron chi connectivity index (χ0n) is 15.9. The Morgan fingerprint density at radius 1 is 1.07 bits per heavy atom. The number of ether oxygens (including phenoxy) is 2. The number of amides is 1. The van der Waals surface area contributed by atoms with Crippen LogP contribution in [0.3, 0.4) is 0 Å². The fraction of sp³-hybridized carbons (Fsp3) is 0.364. The van der Waals surface area contributed by atoms with Crippen LogP contribution < -0.4 is 5.32 Å². The van der Waals surface area contributed by atoms with Crippen LogP contribution in [-0.4, -0.2) is 35.4 Å². The number of hydrogen-bond donors (Lipinski definition) is 2. The fourth-order valence-corrected chi connectivity index (χ4v) is 3.53. The normalized spacial score (nSPS) is 20.7. The molecule has 148 valence electrons. The molecule has 1 amide bonds. The Balaban J connectivity index is 1.71. The van der Waals surface area contributed by atoms with Crippen molar-refractivity contribution in [2.45, 2.75) is 44.4 Å². The van der Waals surface area contributed by atoms with Crippen LogP contribution in [0.25, 0.3) is 0 Å². The molecule has 1 aliphatic rings. The van der Waals surface area contributed by atoms with Crippen LogP contribution in [0.4, 0.5) is 4.79 Å². The quantitative estimate of drug-likeness (QED) is 0.750. The minimum Gasteiger partial charge on any atom is -0.466 e. The molecular weight excluding hydrogens is 358 g/mol. The highest BCUT2D eigenvalue weighted by molar-refractivity contribution is 5.72. The topological polar surface area (TPSA) is 84.9 Å². The molecule has 2 aromatic rings. The van der Waals surface area contributed by atoms with Crippen molar-refractivity contribution in [1.82, 2.24) is 5.32 Å². The molecule has 0 radical (unpaired) electrons. The van der Waals surface area contributed by atoms with Crippen molar-refractivity contribution < 1.29 is 24.2 Å². The summed E-state index contributed by atoms with van der Waals surface area (Å²) in [6, 6.07) is 16.4. The van der Waals surface area contributed by atoms with Gasteiger partial charge in [-0.25, -0.2) is 4.79 Å². The molecule has 28 heavy (non-hydrogen) atoms. The monoisotopic (exact) mass is 383 g/mol. The van der Waals surface area contributed by atoms with E-state index in [1.165, 1.54) is 0 Å². The lowest BCUT2D eigenvalue weighted by Crippen LogP contribution is -2.58. The van der Waals surface area contributed by atoms with Gasteiger partial charge in [-0.05, 0) is 30.0 Å². The number of fused-ring (bicyclic) bond motifs is 1. The van der Waals surface area contributed by atoms with E-state index in [0.29, 0.717) is 6.42 Å². The van der Waals surface area contributed by atoms with Crippen LogP contribution >= 0.6 is 0 Å². The maximum Gasteiger partial charge on any atom is 0.407 e. The molecule has 0 spiro atoms. The molecule has 0 heterocycles. The molecule has 6 heteroatoms. The van der Waals surface area contributed by atoms with E-state index < -0.39 is 23.7 Å². The van der Waals surface area contributed by atoms with Gasteiger partial charge in [0, 0.05) is 6.42 Å². The first-order valence-electron chi connectivity index (χ1n) is 9.42. The van der Waals surface area contributed by atoms with E-state index in [4.69, 9.17) is 9.47 Å². The fourth-order valence-electron chi connectivity index (χ4n) is 3.53. The molecule has 0 fully saturated rings. The van der Waals surface area contributed by atoms with Crippen molar-refractivity contribution in [2.75, 3.05) is 6.61 Å². The standard InChI is InChI=1S/C22H25NO5/c1-2-27-20(24)14-22(26)13-18-11-7-6-10-17(18)12-19(22)23-21(25)28-15-16-8-4-3-5-9-16/h3-11,19,26H,2,12-15H2,1H3,(H,23,25)/t19-,22+/m1/s1.